The van der Waals surface area contributed by atoms with Crippen LogP contribution in [0.4, 0.5) is 0 Å². The van der Waals surface area contributed by atoms with E-state index in [9.17, 15) is 9.59 Å². The van der Waals surface area contributed by atoms with Crippen molar-refractivity contribution in [1.29, 1.82) is 0 Å². The minimum absolute atomic E-state index is 0.0856. The van der Waals surface area contributed by atoms with Gasteiger partial charge < -0.3 is 10.3 Å². The molecule has 2 N–H and O–H groups in total. The van der Waals surface area contributed by atoms with Crippen molar-refractivity contribution >= 4 is 27.5 Å². The van der Waals surface area contributed by atoms with Gasteiger partial charge in [0.15, 0.2) is 0 Å². The van der Waals surface area contributed by atoms with E-state index in [1.807, 2.05) is 6.92 Å². The third-order valence-corrected chi connectivity index (χ3v) is 5.44. The fourth-order valence-electron chi connectivity index (χ4n) is 3.11. The maximum absolute atomic E-state index is 12.5. The Morgan fingerprint density at radius 2 is 2.29 bits per heavy atom. The highest BCUT2D eigenvalue weighted by Crippen LogP contribution is 2.37. The summed E-state index contributed by atoms with van der Waals surface area (Å²) in [4.78, 5) is 32.2. The number of fused-ring (bicyclic) bond motifs is 1. The van der Waals surface area contributed by atoms with Gasteiger partial charge in [-0.15, -0.1) is 11.3 Å². The molecule has 2 aromatic heterocycles. The van der Waals surface area contributed by atoms with Crippen LogP contribution in [0.5, 0.6) is 0 Å². The number of H-pyrrole nitrogens is 1. The number of carbonyl (C=O) groups is 1. The highest BCUT2D eigenvalue weighted by atomic mass is 32.1. The second kappa shape index (κ2) is 4.94. The normalized spacial score (nSPS) is 20.8. The first kappa shape index (κ1) is 14.3. The number of hydrogen-bond donors (Lipinski definition) is 2. The quantitative estimate of drug-likeness (QED) is 0.895. The summed E-state index contributed by atoms with van der Waals surface area (Å²) in [7, 11) is 0. The summed E-state index contributed by atoms with van der Waals surface area (Å²) in [5.41, 5.74) is 0.834. The Morgan fingerprint density at radius 3 is 2.90 bits per heavy atom. The number of nitrogens with zero attached hydrogens (tertiary/aromatic N) is 1. The van der Waals surface area contributed by atoms with Crippen molar-refractivity contribution < 1.29 is 4.79 Å². The fourth-order valence-corrected chi connectivity index (χ4v) is 4.16. The summed E-state index contributed by atoms with van der Waals surface area (Å²) in [6.45, 7) is 6.27. The van der Waals surface area contributed by atoms with Gasteiger partial charge in [-0.3, -0.25) is 9.59 Å². The first-order chi connectivity index (χ1) is 9.87. The predicted octanol–water partition coefficient (Wildman–Crippen LogP) is 2.60. The van der Waals surface area contributed by atoms with Gasteiger partial charge in [0.1, 0.15) is 4.83 Å². The van der Waals surface area contributed by atoms with Crippen LogP contribution in [0.15, 0.2) is 11.1 Å². The van der Waals surface area contributed by atoms with E-state index in [2.05, 4.69) is 29.1 Å². The van der Waals surface area contributed by atoms with Crippen molar-refractivity contribution in [3.8, 4) is 0 Å². The number of hydrogen-bond acceptors (Lipinski definition) is 4. The molecule has 1 saturated carbocycles. The summed E-state index contributed by atoms with van der Waals surface area (Å²) in [5, 5.41) is 3.63. The molecule has 0 aromatic carbocycles. The number of aryl methyl sites for hydroxylation is 1. The van der Waals surface area contributed by atoms with Crippen LogP contribution in [0.2, 0.25) is 0 Å². The van der Waals surface area contributed by atoms with E-state index >= 15 is 0 Å². The lowest BCUT2D eigenvalue weighted by Gasteiger charge is -2.17. The Balaban J connectivity index is 1.87. The molecule has 5 nitrogen and oxygen atoms in total. The molecule has 1 aliphatic carbocycles. The van der Waals surface area contributed by atoms with Crippen LogP contribution < -0.4 is 10.9 Å². The number of nitrogens with one attached hydrogen (secondary N) is 2. The molecule has 2 heterocycles. The summed E-state index contributed by atoms with van der Waals surface area (Å²) in [5.74, 6) is -0.0856. The molecule has 0 spiro atoms. The molecule has 1 aliphatic rings. The Labute approximate surface area is 126 Å². The molecule has 21 heavy (non-hydrogen) atoms. The zero-order valence-electron chi connectivity index (χ0n) is 12.4. The van der Waals surface area contributed by atoms with Crippen molar-refractivity contribution in [3.05, 3.63) is 27.1 Å². The topological polar surface area (TPSA) is 74.8 Å². The van der Waals surface area contributed by atoms with Gasteiger partial charge in [0.2, 0.25) is 0 Å². The molecule has 2 aromatic rings. The van der Waals surface area contributed by atoms with Crippen LogP contribution >= 0.6 is 11.3 Å². The molecule has 0 radical (unpaired) electrons. The van der Waals surface area contributed by atoms with Crippen LogP contribution in [0.25, 0.3) is 10.2 Å². The van der Waals surface area contributed by atoms with Crippen molar-refractivity contribution in [2.75, 3.05) is 0 Å². The van der Waals surface area contributed by atoms with Crippen LogP contribution in [0, 0.1) is 12.3 Å². The van der Waals surface area contributed by atoms with Crippen LogP contribution in [-0.2, 0) is 0 Å². The van der Waals surface area contributed by atoms with Gasteiger partial charge in [-0.2, -0.15) is 0 Å². The molecule has 1 atom stereocenters. The minimum atomic E-state index is -0.185. The van der Waals surface area contributed by atoms with E-state index < -0.39 is 0 Å². The zero-order valence-corrected chi connectivity index (χ0v) is 13.3. The van der Waals surface area contributed by atoms with Gasteiger partial charge in [-0.25, -0.2) is 4.98 Å². The predicted molar refractivity (Wildman–Crippen MR) is 83.9 cm³/mol. The maximum atomic E-state index is 12.5. The number of aromatic nitrogens is 2. The second-order valence-corrected chi connectivity index (χ2v) is 7.54. The van der Waals surface area contributed by atoms with Gasteiger partial charge >= 0.3 is 0 Å². The molecular formula is C15H19N3O2S. The fraction of sp³-hybridized carbons (Fsp3) is 0.533. The van der Waals surface area contributed by atoms with Crippen molar-refractivity contribution in [2.24, 2.45) is 5.41 Å². The summed E-state index contributed by atoms with van der Waals surface area (Å²) in [6.07, 6.45) is 4.52. The molecule has 0 aliphatic heterocycles. The van der Waals surface area contributed by atoms with E-state index in [0.29, 0.717) is 20.5 Å². The number of aromatic amines is 1. The average molecular weight is 305 g/mol. The minimum Gasteiger partial charge on any atom is -0.349 e. The van der Waals surface area contributed by atoms with E-state index in [0.717, 1.165) is 24.8 Å². The maximum Gasteiger partial charge on any atom is 0.261 e. The van der Waals surface area contributed by atoms with E-state index in [1.54, 1.807) is 0 Å². The van der Waals surface area contributed by atoms with Gasteiger partial charge in [0, 0.05) is 6.04 Å². The standard InChI is InChI=1S/C15H19N3O2S/c1-8-10-12(19)16-7-17-14(10)21-11(8)13(20)18-9-4-5-15(2,3)6-9/h7,9H,4-6H2,1-3H3,(H,18,20)(H,16,17,19). The third kappa shape index (κ3) is 2.60. The summed E-state index contributed by atoms with van der Waals surface area (Å²) >= 11 is 1.29. The molecule has 0 saturated heterocycles. The van der Waals surface area contributed by atoms with Crippen LogP contribution in [-0.4, -0.2) is 21.9 Å². The number of rotatable bonds is 2. The van der Waals surface area contributed by atoms with Gasteiger partial charge in [0.25, 0.3) is 11.5 Å². The number of amides is 1. The first-order valence-electron chi connectivity index (χ1n) is 7.15. The number of carbonyl (C=O) groups excluding carboxylic acids is 1. The van der Waals surface area contributed by atoms with Gasteiger partial charge in [-0.1, -0.05) is 13.8 Å². The van der Waals surface area contributed by atoms with Crippen molar-refractivity contribution in [1.82, 2.24) is 15.3 Å². The van der Waals surface area contributed by atoms with E-state index in [-0.39, 0.29) is 17.5 Å². The highest BCUT2D eigenvalue weighted by molar-refractivity contribution is 7.20. The summed E-state index contributed by atoms with van der Waals surface area (Å²) < 4.78 is 0. The zero-order chi connectivity index (χ0) is 15.2. The first-order valence-corrected chi connectivity index (χ1v) is 7.97. The average Bonchev–Trinajstić information content (AvgIpc) is 2.91. The second-order valence-electron chi connectivity index (χ2n) is 6.55. The summed E-state index contributed by atoms with van der Waals surface area (Å²) in [6, 6.07) is 0.225. The smallest absolute Gasteiger partial charge is 0.261 e. The van der Waals surface area contributed by atoms with Crippen molar-refractivity contribution in [3.63, 3.8) is 0 Å². The lowest BCUT2D eigenvalue weighted by atomic mass is 9.92. The monoisotopic (exact) mass is 305 g/mol. The lowest BCUT2D eigenvalue weighted by Crippen LogP contribution is -2.33. The Kier molecular flexibility index (Phi) is 3.36. The van der Waals surface area contributed by atoms with E-state index in [1.165, 1.54) is 17.7 Å². The SMILES string of the molecule is Cc1c(C(=O)NC2CCC(C)(C)C2)sc2nc[nH]c(=O)c12. The Morgan fingerprint density at radius 1 is 1.52 bits per heavy atom. The molecule has 1 amide bonds. The largest absolute Gasteiger partial charge is 0.349 e. The van der Waals surface area contributed by atoms with Crippen LogP contribution in [0.1, 0.15) is 48.3 Å². The van der Waals surface area contributed by atoms with Gasteiger partial charge in [0.05, 0.1) is 16.6 Å². The molecule has 3 rings (SSSR count). The third-order valence-electron chi connectivity index (χ3n) is 4.24. The highest BCUT2D eigenvalue weighted by Gasteiger charge is 2.32. The van der Waals surface area contributed by atoms with E-state index in [4.69, 9.17) is 0 Å². The molecule has 1 unspecified atom stereocenters. The molecule has 1 fully saturated rings. The van der Waals surface area contributed by atoms with Gasteiger partial charge in [-0.05, 0) is 37.2 Å². The van der Waals surface area contributed by atoms with Crippen LogP contribution in [0.3, 0.4) is 0 Å². The van der Waals surface area contributed by atoms with Crippen molar-refractivity contribution in [2.45, 2.75) is 46.1 Å². The molecular weight excluding hydrogens is 286 g/mol. The molecule has 0 bridgehead atoms. The molecule has 112 valence electrons. The lowest BCUT2D eigenvalue weighted by molar-refractivity contribution is 0.0939. The Bertz CT molecular complexity index is 760. The number of thiophene rings is 1. The Hall–Kier alpha value is -1.69. The molecule has 6 heteroatoms.